The Labute approximate surface area is 134 Å². The maximum absolute atomic E-state index is 11.6. The van der Waals surface area contributed by atoms with Crippen molar-refractivity contribution in [2.45, 2.75) is 18.6 Å². The monoisotopic (exact) mass is 312 g/mol. The third kappa shape index (κ3) is 1.89. The largest absolute Gasteiger partial charge is 0.363 e. The maximum atomic E-state index is 11.6. The summed E-state index contributed by atoms with van der Waals surface area (Å²) in [5.41, 5.74) is 1.60. The molecule has 1 N–H and O–H groups in total. The molecule has 4 rings (SSSR count). The molecule has 0 aliphatic carbocycles. The minimum atomic E-state index is -1.16. The van der Waals surface area contributed by atoms with Crippen LogP contribution in [0.1, 0.15) is 29.5 Å². The van der Waals surface area contributed by atoms with E-state index in [0.717, 1.165) is 48.5 Å². The summed E-state index contributed by atoms with van der Waals surface area (Å²) in [6.45, 7) is 1.61. The van der Waals surface area contributed by atoms with Crippen molar-refractivity contribution < 1.29 is 5.11 Å². The van der Waals surface area contributed by atoms with Gasteiger partial charge in [-0.25, -0.2) is 0 Å². The molecule has 4 heteroatoms. The number of rotatable bonds is 1. The van der Waals surface area contributed by atoms with E-state index in [9.17, 15) is 5.11 Å². The fourth-order valence-corrected chi connectivity index (χ4v) is 3.55. The zero-order valence-electron chi connectivity index (χ0n) is 12.2. The molecule has 2 heterocycles. The molecule has 1 atom stereocenters. The van der Waals surface area contributed by atoms with Gasteiger partial charge in [0.15, 0.2) is 5.72 Å². The second kappa shape index (κ2) is 5.11. The highest BCUT2D eigenvalue weighted by atomic mass is 35.5. The molecule has 2 aliphatic rings. The van der Waals surface area contributed by atoms with Crippen molar-refractivity contribution in [3.63, 3.8) is 0 Å². The summed E-state index contributed by atoms with van der Waals surface area (Å²) < 4.78 is 0. The first-order chi connectivity index (χ1) is 10.7. The summed E-state index contributed by atoms with van der Waals surface area (Å²) in [4.78, 5) is 6.76. The van der Waals surface area contributed by atoms with Gasteiger partial charge >= 0.3 is 0 Å². The summed E-state index contributed by atoms with van der Waals surface area (Å²) in [6.07, 6.45) is 2.08. The van der Waals surface area contributed by atoms with Gasteiger partial charge in [0.05, 0.1) is 0 Å². The third-order valence-corrected chi connectivity index (χ3v) is 4.74. The Morgan fingerprint density at radius 2 is 1.82 bits per heavy atom. The van der Waals surface area contributed by atoms with E-state index >= 15 is 0 Å². The van der Waals surface area contributed by atoms with Crippen molar-refractivity contribution in [1.29, 1.82) is 0 Å². The zero-order valence-corrected chi connectivity index (χ0v) is 12.9. The number of hydrogen-bond acceptors (Lipinski definition) is 3. The molecule has 0 saturated heterocycles. The van der Waals surface area contributed by atoms with Gasteiger partial charge in [-0.05, 0) is 25.0 Å². The molecular formula is C18H17ClN2O. The van der Waals surface area contributed by atoms with E-state index in [0.29, 0.717) is 5.02 Å². The molecular weight excluding hydrogens is 296 g/mol. The first kappa shape index (κ1) is 13.8. The Kier molecular flexibility index (Phi) is 3.21. The molecule has 112 valence electrons. The Hall–Kier alpha value is -1.84. The molecule has 0 aromatic heterocycles. The number of fused-ring (bicyclic) bond motifs is 3. The summed E-state index contributed by atoms with van der Waals surface area (Å²) >= 11 is 6.01. The van der Waals surface area contributed by atoms with Crippen molar-refractivity contribution in [1.82, 2.24) is 4.90 Å². The number of aliphatic imine (C=N–C) groups is 1. The number of hydrogen-bond donors (Lipinski definition) is 1. The molecule has 2 aromatic rings. The van der Waals surface area contributed by atoms with Gasteiger partial charge in [0.1, 0.15) is 5.84 Å². The highest BCUT2D eigenvalue weighted by Crippen LogP contribution is 2.43. The SMILES string of the molecule is O[C@]1(c2ccc(Cl)cc2)c2ccccc2C2=NCCCCN21. The number of aliphatic hydroxyl groups is 1. The van der Waals surface area contributed by atoms with Crippen LogP contribution in [0.2, 0.25) is 5.02 Å². The van der Waals surface area contributed by atoms with Gasteiger partial charge in [-0.1, -0.05) is 48.0 Å². The van der Waals surface area contributed by atoms with E-state index in [4.69, 9.17) is 16.6 Å². The van der Waals surface area contributed by atoms with Crippen LogP contribution < -0.4 is 0 Å². The first-order valence-corrected chi connectivity index (χ1v) is 7.99. The molecule has 2 aromatic carbocycles. The van der Waals surface area contributed by atoms with Gasteiger partial charge in [-0.2, -0.15) is 0 Å². The second-order valence-electron chi connectivity index (χ2n) is 5.79. The van der Waals surface area contributed by atoms with Crippen LogP contribution in [-0.4, -0.2) is 28.9 Å². The van der Waals surface area contributed by atoms with Crippen LogP contribution in [0, 0.1) is 0 Å². The van der Waals surface area contributed by atoms with Crippen molar-refractivity contribution in [2.75, 3.05) is 13.1 Å². The van der Waals surface area contributed by atoms with Gasteiger partial charge in [-0.15, -0.1) is 0 Å². The Bertz CT molecular complexity index is 741. The van der Waals surface area contributed by atoms with Gasteiger partial charge < -0.3 is 10.0 Å². The number of halogens is 1. The summed E-state index contributed by atoms with van der Waals surface area (Å²) in [7, 11) is 0. The normalized spacial score (nSPS) is 23.5. The van der Waals surface area contributed by atoms with E-state index in [2.05, 4.69) is 0 Å². The molecule has 0 fully saturated rings. The van der Waals surface area contributed by atoms with E-state index in [1.807, 2.05) is 53.4 Å². The van der Waals surface area contributed by atoms with Gasteiger partial charge in [-0.3, -0.25) is 4.99 Å². The predicted molar refractivity (Wildman–Crippen MR) is 88.2 cm³/mol. The van der Waals surface area contributed by atoms with E-state index in [1.165, 1.54) is 0 Å². The van der Waals surface area contributed by atoms with Gasteiger partial charge in [0.25, 0.3) is 0 Å². The molecule has 0 saturated carbocycles. The summed E-state index contributed by atoms with van der Waals surface area (Å²) in [5, 5.41) is 12.3. The molecule has 3 nitrogen and oxygen atoms in total. The standard InChI is InChI=1S/C18H17ClN2O/c19-14-9-7-13(8-10-14)18(22)16-6-2-1-5-15(16)17-20-11-3-4-12-21(17)18/h1-2,5-10,22H,3-4,11-12H2/t18-/m1/s1. The van der Waals surface area contributed by atoms with Crippen LogP contribution in [0.5, 0.6) is 0 Å². The lowest BCUT2D eigenvalue weighted by Crippen LogP contribution is -2.45. The molecule has 0 unspecified atom stereocenters. The quantitative estimate of drug-likeness (QED) is 0.876. The fraction of sp³-hybridized carbons (Fsp3) is 0.278. The van der Waals surface area contributed by atoms with Crippen LogP contribution in [-0.2, 0) is 5.72 Å². The number of amidine groups is 1. The van der Waals surface area contributed by atoms with Gasteiger partial charge in [0, 0.05) is 34.8 Å². The fourth-order valence-electron chi connectivity index (χ4n) is 3.42. The second-order valence-corrected chi connectivity index (χ2v) is 6.23. The Morgan fingerprint density at radius 3 is 2.64 bits per heavy atom. The Morgan fingerprint density at radius 1 is 1.05 bits per heavy atom. The lowest BCUT2D eigenvalue weighted by molar-refractivity contribution is -0.0293. The van der Waals surface area contributed by atoms with Crippen molar-refractivity contribution in [3.05, 3.63) is 70.2 Å². The minimum Gasteiger partial charge on any atom is -0.363 e. The minimum absolute atomic E-state index is 0.670. The van der Waals surface area contributed by atoms with E-state index in [1.54, 1.807) is 0 Å². The summed E-state index contributed by atoms with van der Waals surface area (Å²) in [6, 6.07) is 15.4. The first-order valence-electron chi connectivity index (χ1n) is 7.61. The van der Waals surface area contributed by atoms with Crippen molar-refractivity contribution in [3.8, 4) is 0 Å². The van der Waals surface area contributed by atoms with E-state index in [-0.39, 0.29) is 0 Å². The molecule has 0 spiro atoms. The maximum Gasteiger partial charge on any atom is 0.193 e. The van der Waals surface area contributed by atoms with Gasteiger partial charge in [0.2, 0.25) is 0 Å². The highest BCUT2D eigenvalue weighted by Gasteiger charge is 2.48. The van der Waals surface area contributed by atoms with Crippen molar-refractivity contribution in [2.24, 2.45) is 4.99 Å². The van der Waals surface area contributed by atoms with E-state index < -0.39 is 5.72 Å². The topological polar surface area (TPSA) is 35.8 Å². The number of nitrogens with zero attached hydrogens (tertiary/aromatic N) is 2. The lowest BCUT2D eigenvalue weighted by atomic mass is 9.93. The molecule has 2 aliphatic heterocycles. The molecule has 0 amide bonds. The zero-order chi connectivity index (χ0) is 15.2. The van der Waals surface area contributed by atoms with Crippen LogP contribution in [0.4, 0.5) is 0 Å². The average Bonchev–Trinajstić information content (AvgIpc) is 2.72. The highest BCUT2D eigenvalue weighted by molar-refractivity contribution is 6.30. The Balaban J connectivity index is 1.95. The number of benzene rings is 2. The smallest absolute Gasteiger partial charge is 0.193 e. The van der Waals surface area contributed by atoms with Crippen LogP contribution >= 0.6 is 11.6 Å². The van der Waals surface area contributed by atoms with Crippen LogP contribution in [0.3, 0.4) is 0 Å². The van der Waals surface area contributed by atoms with Crippen LogP contribution in [0.15, 0.2) is 53.5 Å². The predicted octanol–water partition coefficient (Wildman–Crippen LogP) is 3.39. The third-order valence-electron chi connectivity index (χ3n) is 4.49. The molecule has 0 radical (unpaired) electrons. The average molecular weight is 313 g/mol. The summed E-state index contributed by atoms with van der Waals surface area (Å²) in [5.74, 6) is 0.908. The van der Waals surface area contributed by atoms with Crippen molar-refractivity contribution >= 4 is 17.4 Å². The molecule has 0 bridgehead atoms. The lowest BCUT2D eigenvalue weighted by Gasteiger charge is -2.35. The van der Waals surface area contributed by atoms with Crippen LogP contribution in [0.25, 0.3) is 0 Å². The molecule has 22 heavy (non-hydrogen) atoms.